The largest absolute Gasteiger partial charge is 0.496 e. The fourth-order valence-corrected chi connectivity index (χ4v) is 7.16. The van der Waals surface area contributed by atoms with Gasteiger partial charge in [0, 0.05) is 13.0 Å². The predicted molar refractivity (Wildman–Crippen MR) is 151 cm³/mol. The van der Waals surface area contributed by atoms with E-state index in [1.54, 1.807) is 12.1 Å². The highest BCUT2D eigenvalue weighted by atomic mass is 32.2. The summed E-state index contributed by atoms with van der Waals surface area (Å²) >= 11 is 0. The number of esters is 1. The number of sulfonamides is 1. The van der Waals surface area contributed by atoms with Crippen LogP contribution in [0.25, 0.3) is 0 Å². The molecule has 5 unspecified atom stereocenters. The molecule has 4 fully saturated rings. The monoisotopic (exact) mass is 578 g/mol. The second-order valence-corrected chi connectivity index (χ2v) is 14.0. The van der Waals surface area contributed by atoms with Gasteiger partial charge in [-0.3, -0.25) is 4.79 Å². The van der Waals surface area contributed by atoms with Crippen molar-refractivity contribution in [1.82, 2.24) is 10.0 Å². The van der Waals surface area contributed by atoms with Gasteiger partial charge in [-0.25, -0.2) is 17.9 Å². The second-order valence-electron chi connectivity index (χ2n) is 12.1. The van der Waals surface area contributed by atoms with Gasteiger partial charge in [-0.15, -0.1) is 0 Å². The molecule has 2 N–H and O–H groups in total. The first kappa shape index (κ1) is 30.8. The third-order valence-corrected chi connectivity index (χ3v) is 9.78. The van der Waals surface area contributed by atoms with Gasteiger partial charge in [0.15, 0.2) is 0 Å². The van der Waals surface area contributed by atoms with Gasteiger partial charge in [-0.1, -0.05) is 39.3 Å². The highest BCUT2D eigenvalue weighted by Gasteiger charge is 2.68. The summed E-state index contributed by atoms with van der Waals surface area (Å²) in [5.41, 5.74) is 0.701. The fraction of sp³-hybridized carbons (Fsp3) is 0.714. The van der Waals surface area contributed by atoms with E-state index in [0.29, 0.717) is 35.3 Å². The standard InChI is InChI=1S/C28H43BN2O8S/c1-7-8-14-37-26(33)20-11-9-10-18(25(20)36-5)15-23(31-24(32)12-13-30-40(6,34)35)29-38-22-17-19-16-21(27(19,2)3)28(22,4)39-29/h9-11,19,21-23,30H,7-8,12-17H2,1-6H3,(H,31,32). The lowest BCUT2D eigenvalue weighted by Gasteiger charge is -2.64. The molecule has 5 atom stereocenters. The molecule has 3 saturated carbocycles. The van der Waals surface area contributed by atoms with Gasteiger partial charge in [0.2, 0.25) is 15.9 Å². The van der Waals surface area contributed by atoms with Crippen LogP contribution in [0.4, 0.5) is 0 Å². The molecular formula is C28H43BN2O8S. The Balaban J connectivity index is 1.56. The van der Waals surface area contributed by atoms with Gasteiger partial charge in [0.05, 0.1) is 37.6 Å². The minimum atomic E-state index is -3.42. The number of carbonyl (C=O) groups is 2. The van der Waals surface area contributed by atoms with Crippen molar-refractivity contribution in [1.29, 1.82) is 0 Å². The number of rotatable bonds is 13. The lowest BCUT2D eigenvalue weighted by molar-refractivity contribution is -0.199. The van der Waals surface area contributed by atoms with Crippen molar-refractivity contribution < 1.29 is 36.8 Å². The van der Waals surface area contributed by atoms with Crippen LogP contribution in [0.2, 0.25) is 0 Å². The number of carbonyl (C=O) groups excluding carboxylic acids is 2. The van der Waals surface area contributed by atoms with E-state index in [1.807, 2.05) is 13.0 Å². The van der Waals surface area contributed by atoms with Gasteiger partial charge < -0.3 is 24.1 Å². The van der Waals surface area contributed by atoms with Crippen molar-refractivity contribution in [3.63, 3.8) is 0 Å². The summed E-state index contributed by atoms with van der Waals surface area (Å²) in [5.74, 6) is -0.107. The van der Waals surface area contributed by atoms with Crippen molar-refractivity contribution >= 4 is 29.0 Å². The van der Waals surface area contributed by atoms with Crippen molar-refractivity contribution in [2.24, 2.45) is 17.3 Å². The van der Waals surface area contributed by atoms with E-state index in [9.17, 15) is 18.0 Å². The number of nitrogens with one attached hydrogen (secondary N) is 2. The second kappa shape index (κ2) is 12.0. The van der Waals surface area contributed by atoms with E-state index in [1.165, 1.54) is 7.11 Å². The van der Waals surface area contributed by atoms with E-state index in [-0.39, 0.29) is 36.8 Å². The minimum Gasteiger partial charge on any atom is -0.496 e. The van der Waals surface area contributed by atoms with Crippen LogP contribution in [0.5, 0.6) is 5.75 Å². The molecule has 0 aromatic heterocycles. The Labute approximate surface area is 238 Å². The molecule has 1 heterocycles. The number of benzene rings is 1. The molecular weight excluding hydrogens is 535 g/mol. The number of ether oxygens (including phenoxy) is 2. The average Bonchev–Trinajstić information content (AvgIpc) is 3.24. The normalized spacial score (nSPS) is 27.4. The number of amides is 1. The van der Waals surface area contributed by atoms with Crippen LogP contribution >= 0.6 is 0 Å². The Morgan fingerprint density at radius 1 is 1.23 bits per heavy atom. The topological polar surface area (TPSA) is 129 Å². The number of hydrogen-bond donors (Lipinski definition) is 2. The summed E-state index contributed by atoms with van der Waals surface area (Å²) in [7, 11) is -2.64. The molecule has 0 spiro atoms. The molecule has 1 aromatic rings. The summed E-state index contributed by atoms with van der Waals surface area (Å²) in [6, 6.07) is 5.27. The Kier molecular flexibility index (Phi) is 9.24. The molecule has 222 valence electrons. The maximum atomic E-state index is 13.0. The van der Waals surface area contributed by atoms with E-state index in [4.69, 9.17) is 18.8 Å². The molecule has 10 nitrogen and oxygen atoms in total. The summed E-state index contributed by atoms with van der Waals surface area (Å²) in [4.78, 5) is 25.8. The zero-order valence-electron chi connectivity index (χ0n) is 24.4. The summed E-state index contributed by atoms with van der Waals surface area (Å²) in [5, 5.41) is 3.02. The Morgan fingerprint density at radius 2 is 1.98 bits per heavy atom. The molecule has 40 heavy (non-hydrogen) atoms. The van der Waals surface area contributed by atoms with Crippen LogP contribution in [-0.2, 0) is 35.3 Å². The van der Waals surface area contributed by atoms with Gasteiger partial charge in [0.25, 0.3) is 0 Å². The highest BCUT2D eigenvalue weighted by molar-refractivity contribution is 7.88. The zero-order valence-corrected chi connectivity index (χ0v) is 25.3. The van der Waals surface area contributed by atoms with Gasteiger partial charge >= 0.3 is 13.1 Å². The van der Waals surface area contributed by atoms with E-state index < -0.39 is 34.7 Å². The maximum Gasteiger partial charge on any atom is 0.482 e. The fourth-order valence-electron chi connectivity index (χ4n) is 6.69. The first-order valence-electron chi connectivity index (χ1n) is 14.2. The van der Waals surface area contributed by atoms with Crippen LogP contribution in [0.15, 0.2) is 18.2 Å². The lowest BCUT2D eigenvalue weighted by Crippen LogP contribution is -2.65. The first-order valence-corrected chi connectivity index (χ1v) is 16.1. The molecule has 1 aliphatic heterocycles. The van der Waals surface area contributed by atoms with Crippen LogP contribution in [0.3, 0.4) is 0 Å². The summed E-state index contributed by atoms with van der Waals surface area (Å²) < 4.78 is 49.5. The summed E-state index contributed by atoms with van der Waals surface area (Å²) in [6.07, 6.45) is 4.87. The molecule has 1 saturated heterocycles. The molecule has 5 rings (SSSR count). The molecule has 4 aliphatic rings. The SMILES string of the molecule is CCCCOC(=O)c1cccc(CC(NC(=O)CCNS(C)(=O)=O)B2OC3CC4CC(C4(C)C)C3(C)O2)c1OC. The third kappa shape index (κ3) is 6.35. The predicted octanol–water partition coefficient (Wildman–Crippen LogP) is 2.89. The number of para-hydroxylation sites is 1. The van der Waals surface area contributed by atoms with Crippen LogP contribution in [-0.4, -0.2) is 71.6 Å². The summed E-state index contributed by atoms with van der Waals surface area (Å²) in [6.45, 7) is 9.01. The van der Waals surface area contributed by atoms with E-state index >= 15 is 0 Å². The number of unbranched alkanes of at least 4 members (excludes halogenated alkanes) is 1. The van der Waals surface area contributed by atoms with Crippen LogP contribution in [0, 0.1) is 17.3 Å². The van der Waals surface area contributed by atoms with Crippen LogP contribution in [0.1, 0.15) is 75.7 Å². The van der Waals surface area contributed by atoms with Gasteiger partial charge in [-0.05, 0) is 61.5 Å². The molecule has 2 bridgehead atoms. The smallest absolute Gasteiger partial charge is 0.482 e. The third-order valence-electron chi connectivity index (χ3n) is 9.05. The zero-order chi connectivity index (χ0) is 29.3. The molecule has 1 aromatic carbocycles. The van der Waals surface area contributed by atoms with Crippen molar-refractivity contribution in [3.8, 4) is 5.75 Å². The van der Waals surface area contributed by atoms with Crippen molar-refractivity contribution in [2.75, 3.05) is 26.5 Å². The molecule has 3 aliphatic carbocycles. The maximum absolute atomic E-state index is 13.0. The average molecular weight is 579 g/mol. The van der Waals surface area contributed by atoms with Crippen molar-refractivity contribution in [2.45, 2.75) is 83.9 Å². The molecule has 12 heteroatoms. The first-order chi connectivity index (χ1) is 18.8. The number of hydrogen-bond acceptors (Lipinski definition) is 8. The van der Waals surface area contributed by atoms with Gasteiger partial charge in [0.1, 0.15) is 11.3 Å². The lowest BCUT2D eigenvalue weighted by atomic mass is 9.43. The van der Waals surface area contributed by atoms with Crippen molar-refractivity contribution in [3.05, 3.63) is 29.3 Å². The quantitative estimate of drug-likeness (QED) is 0.208. The number of methoxy groups -OCH3 is 1. The molecule has 0 radical (unpaired) electrons. The van der Waals surface area contributed by atoms with E-state index in [2.05, 4.69) is 30.8 Å². The highest BCUT2D eigenvalue weighted by Crippen LogP contribution is 2.65. The Bertz CT molecular complexity index is 1210. The van der Waals surface area contributed by atoms with E-state index in [0.717, 1.165) is 31.9 Å². The van der Waals surface area contributed by atoms with Crippen LogP contribution < -0.4 is 14.8 Å². The molecule has 1 amide bonds. The van der Waals surface area contributed by atoms with Gasteiger partial charge in [-0.2, -0.15) is 0 Å². The Morgan fingerprint density at radius 3 is 2.62 bits per heavy atom. The Hall–Kier alpha value is -2.15. The minimum absolute atomic E-state index is 0.0234.